The molecule has 2 rings (SSSR count). The Bertz CT molecular complexity index is 501. The first-order valence-corrected chi connectivity index (χ1v) is 7.04. The van der Waals surface area contributed by atoms with Crippen molar-refractivity contribution >= 4 is 5.69 Å². The molecular weight excluding hydrogens is 230 g/mol. The molecule has 1 heteroatoms. The quantitative estimate of drug-likeness (QED) is 0.776. The molecule has 100 valence electrons. The van der Waals surface area contributed by atoms with Crippen LogP contribution in [0.5, 0.6) is 0 Å². The Hall–Kier alpha value is -1.76. The Labute approximate surface area is 116 Å². The van der Waals surface area contributed by atoms with Gasteiger partial charge < -0.3 is 5.73 Å². The van der Waals surface area contributed by atoms with Gasteiger partial charge in [-0.2, -0.15) is 0 Å². The zero-order valence-electron chi connectivity index (χ0n) is 11.9. The molecule has 0 heterocycles. The minimum Gasteiger partial charge on any atom is -0.399 e. The van der Waals surface area contributed by atoms with Crippen LogP contribution < -0.4 is 5.73 Å². The molecule has 0 saturated heterocycles. The van der Waals surface area contributed by atoms with E-state index in [0.29, 0.717) is 0 Å². The monoisotopic (exact) mass is 253 g/mol. The molecule has 0 aliphatic carbocycles. The average molecular weight is 253 g/mol. The highest BCUT2D eigenvalue weighted by Gasteiger charge is 2.23. The summed E-state index contributed by atoms with van der Waals surface area (Å²) in [6.45, 7) is 4.63. The van der Waals surface area contributed by atoms with Gasteiger partial charge in [0.2, 0.25) is 0 Å². The molecule has 2 N–H and O–H groups in total. The fourth-order valence-corrected chi connectivity index (χ4v) is 2.47. The zero-order valence-corrected chi connectivity index (χ0v) is 11.9. The van der Waals surface area contributed by atoms with Gasteiger partial charge in [0.1, 0.15) is 0 Å². The third kappa shape index (κ3) is 3.37. The van der Waals surface area contributed by atoms with E-state index in [0.717, 1.165) is 24.9 Å². The van der Waals surface area contributed by atoms with Crippen LogP contribution in [0.25, 0.3) is 0 Å². The first-order valence-electron chi connectivity index (χ1n) is 7.04. The molecule has 1 unspecified atom stereocenters. The Balaban J connectivity index is 2.09. The maximum atomic E-state index is 5.73. The number of anilines is 1. The van der Waals surface area contributed by atoms with E-state index < -0.39 is 0 Å². The summed E-state index contributed by atoms with van der Waals surface area (Å²) in [6, 6.07) is 19.1. The van der Waals surface area contributed by atoms with E-state index in [1.165, 1.54) is 11.1 Å². The zero-order chi connectivity index (χ0) is 13.7. The summed E-state index contributed by atoms with van der Waals surface area (Å²) in [5.74, 6) is 0. The third-order valence-corrected chi connectivity index (χ3v) is 4.20. The van der Waals surface area contributed by atoms with Crippen LogP contribution in [0.15, 0.2) is 54.6 Å². The van der Waals surface area contributed by atoms with Crippen LogP contribution in [0, 0.1) is 0 Å². The van der Waals surface area contributed by atoms with Crippen LogP contribution in [0.3, 0.4) is 0 Å². The van der Waals surface area contributed by atoms with E-state index in [1.807, 2.05) is 12.1 Å². The second-order valence-electron chi connectivity index (χ2n) is 5.52. The number of benzene rings is 2. The summed E-state index contributed by atoms with van der Waals surface area (Å²) in [6.07, 6.45) is 3.42. The fourth-order valence-electron chi connectivity index (χ4n) is 2.47. The Morgan fingerprint density at radius 1 is 0.947 bits per heavy atom. The molecule has 0 aliphatic heterocycles. The summed E-state index contributed by atoms with van der Waals surface area (Å²) in [5.41, 5.74) is 9.62. The van der Waals surface area contributed by atoms with E-state index in [4.69, 9.17) is 5.73 Å². The number of hydrogen-bond acceptors (Lipinski definition) is 1. The van der Waals surface area contributed by atoms with Crippen molar-refractivity contribution in [3.05, 3.63) is 65.7 Å². The predicted octanol–water partition coefficient (Wildman–Crippen LogP) is 4.57. The van der Waals surface area contributed by atoms with Gasteiger partial charge in [-0.05, 0) is 47.9 Å². The van der Waals surface area contributed by atoms with Crippen LogP contribution in [-0.4, -0.2) is 0 Å². The van der Waals surface area contributed by atoms with Crippen molar-refractivity contribution in [1.82, 2.24) is 0 Å². The van der Waals surface area contributed by atoms with Gasteiger partial charge in [-0.3, -0.25) is 0 Å². The summed E-state index contributed by atoms with van der Waals surface area (Å²) >= 11 is 0. The van der Waals surface area contributed by atoms with Crippen LogP contribution in [0.4, 0.5) is 5.69 Å². The van der Waals surface area contributed by atoms with E-state index >= 15 is 0 Å². The van der Waals surface area contributed by atoms with Gasteiger partial charge in [-0.1, -0.05) is 56.3 Å². The minimum atomic E-state index is 0.253. The molecule has 0 bridgehead atoms. The van der Waals surface area contributed by atoms with Gasteiger partial charge >= 0.3 is 0 Å². The van der Waals surface area contributed by atoms with Crippen molar-refractivity contribution in [2.24, 2.45) is 0 Å². The molecule has 0 saturated carbocycles. The highest BCUT2D eigenvalue weighted by molar-refractivity contribution is 5.39. The second-order valence-corrected chi connectivity index (χ2v) is 5.52. The predicted molar refractivity (Wildman–Crippen MR) is 83.3 cm³/mol. The minimum absolute atomic E-state index is 0.253. The number of hydrogen-bond donors (Lipinski definition) is 1. The van der Waals surface area contributed by atoms with E-state index in [-0.39, 0.29) is 5.41 Å². The molecule has 0 fully saturated rings. The van der Waals surface area contributed by atoms with Crippen molar-refractivity contribution in [3.8, 4) is 0 Å². The molecule has 0 radical (unpaired) electrons. The van der Waals surface area contributed by atoms with Crippen LogP contribution in [0.1, 0.15) is 37.8 Å². The molecule has 0 aliphatic rings. The summed E-state index contributed by atoms with van der Waals surface area (Å²) < 4.78 is 0. The third-order valence-electron chi connectivity index (χ3n) is 4.20. The summed E-state index contributed by atoms with van der Waals surface area (Å²) in [5, 5.41) is 0. The van der Waals surface area contributed by atoms with Crippen molar-refractivity contribution in [1.29, 1.82) is 0 Å². The van der Waals surface area contributed by atoms with Gasteiger partial charge in [-0.25, -0.2) is 0 Å². The molecule has 2 aromatic carbocycles. The van der Waals surface area contributed by atoms with Gasteiger partial charge in [0, 0.05) is 5.69 Å². The van der Waals surface area contributed by atoms with Gasteiger partial charge in [-0.15, -0.1) is 0 Å². The van der Waals surface area contributed by atoms with Crippen LogP contribution in [-0.2, 0) is 11.8 Å². The first kappa shape index (κ1) is 13.7. The lowest BCUT2D eigenvalue weighted by atomic mass is 9.76. The number of aryl methyl sites for hydroxylation is 1. The maximum absolute atomic E-state index is 5.73. The highest BCUT2D eigenvalue weighted by Crippen LogP contribution is 2.32. The molecule has 1 nitrogen and oxygen atoms in total. The molecule has 19 heavy (non-hydrogen) atoms. The van der Waals surface area contributed by atoms with E-state index in [1.54, 1.807) is 0 Å². The molecule has 0 spiro atoms. The molecular formula is C18H23N. The molecule has 2 aromatic rings. The lowest BCUT2D eigenvalue weighted by Gasteiger charge is -2.29. The topological polar surface area (TPSA) is 26.0 Å². The first-order chi connectivity index (χ1) is 9.14. The van der Waals surface area contributed by atoms with Crippen molar-refractivity contribution in [2.45, 2.75) is 38.5 Å². The van der Waals surface area contributed by atoms with Crippen molar-refractivity contribution in [2.75, 3.05) is 5.73 Å². The van der Waals surface area contributed by atoms with Gasteiger partial charge in [0.25, 0.3) is 0 Å². The van der Waals surface area contributed by atoms with Gasteiger partial charge in [0.15, 0.2) is 0 Å². The van der Waals surface area contributed by atoms with Gasteiger partial charge in [0.05, 0.1) is 0 Å². The largest absolute Gasteiger partial charge is 0.399 e. The van der Waals surface area contributed by atoms with Crippen LogP contribution in [0.2, 0.25) is 0 Å². The van der Waals surface area contributed by atoms with Crippen LogP contribution >= 0.6 is 0 Å². The number of nitrogen functional groups attached to an aromatic ring is 1. The van der Waals surface area contributed by atoms with Crippen molar-refractivity contribution < 1.29 is 0 Å². The van der Waals surface area contributed by atoms with E-state index in [9.17, 15) is 0 Å². The standard InChI is InChI=1S/C18H23N/c1-3-18(2,16-7-5-4-6-8-16)14-13-15-9-11-17(19)12-10-15/h4-12H,3,13-14,19H2,1-2H3. The lowest BCUT2D eigenvalue weighted by Crippen LogP contribution is -2.21. The Kier molecular flexibility index (Phi) is 4.26. The number of rotatable bonds is 5. The Morgan fingerprint density at radius 3 is 2.16 bits per heavy atom. The normalized spacial score (nSPS) is 14.0. The molecule has 1 atom stereocenters. The highest BCUT2D eigenvalue weighted by atomic mass is 14.5. The summed E-state index contributed by atoms with van der Waals surface area (Å²) in [7, 11) is 0. The SMILES string of the molecule is CCC(C)(CCc1ccc(N)cc1)c1ccccc1. The Morgan fingerprint density at radius 2 is 1.58 bits per heavy atom. The molecule has 0 aromatic heterocycles. The average Bonchev–Trinajstić information content (AvgIpc) is 2.47. The smallest absolute Gasteiger partial charge is 0.0314 e. The second kappa shape index (κ2) is 5.92. The van der Waals surface area contributed by atoms with Crippen molar-refractivity contribution in [3.63, 3.8) is 0 Å². The van der Waals surface area contributed by atoms with E-state index in [2.05, 4.69) is 56.3 Å². The lowest BCUT2D eigenvalue weighted by molar-refractivity contribution is 0.419. The fraction of sp³-hybridized carbons (Fsp3) is 0.333. The number of nitrogens with two attached hydrogens (primary N) is 1. The maximum Gasteiger partial charge on any atom is 0.0314 e. The summed E-state index contributed by atoms with van der Waals surface area (Å²) in [4.78, 5) is 0. The molecule has 0 amide bonds.